The summed E-state index contributed by atoms with van der Waals surface area (Å²) in [5.41, 5.74) is 14.7. The molecule has 7 heteroatoms. The van der Waals surface area contributed by atoms with Gasteiger partial charge in [0, 0.05) is 85.0 Å². The van der Waals surface area contributed by atoms with E-state index in [-0.39, 0.29) is 23.5 Å². The molecule has 3 aliphatic rings. The minimum atomic E-state index is -0.439. The monoisotopic (exact) mass is 1020 g/mol. The number of unbranched alkanes of at least 4 members (excludes halogenated alkanes) is 1. The number of pyridine rings is 2. The number of amides is 1. The first-order valence-electron chi connectivity index (χ1n) is 28.6. The number of carbonyl (C=O) groups is 1. The van der Waals surface area contributed by atoms with Gasteiger partial charge in [-0.2, -0.15) is 4.58 Å². The van der Waals surface area contributed by atoms with E-state index in [0.717, 1.165) is 83.6 Å². The molecule has 0 fully saturated rings. The number of carbonyl (C=O) groups excluding carboxylic acids is 1. The molecular weight excluding hydrogens is 931 g/mol. The fourth-order valence-corrected chi connectivity index (χ4v) is 13.3. The molecule has 2 aliphatic heterocycles. The average Bonchev–Trinajstić information content (AvgIpc) is 3.80. The van der Waals surface area contributed by atoms with E-state index in [1.165, 1.54) is 83.3 Å². The van der Waals surface area contributed by atoms with Crippen molar-refractivity contribution in [3.63, 3.8) is 0 Å². The highest BCUT2D eigenvalue weighted by Gasteiger charge is 2.44. The third-order valence-corrected chi connectivity index (χ3v) is 18.1. The maximum absolute atomic E-state index is 13.2. The van der Waals surface area contributed by atoms with Gasteiger partial charge < -0.3 is 15.0 Å². The number of allylic oxidation sites excluding steroid dienone is 8. The smallest absolute Gasteiger partial charge is 0.227 e. The van der Waals surface area contributed by atoms with Crippen molar-refractivity contribution in [3.05, 3.63) is 191 Å². The fourth-order valence-electron chi connectivity index (χ4n) is 13.3. The van der Waals surface area contributed by atoms with Crippen LogP contribution in [0.25, 0.3) is 21.5 Å². The molecule has 1 N–H and O–H groups in total. The van der Waals surface area contributed by atoms with Crippen molar-refractivity contribution in [1.29, 1.82) is 0 Å². The van der Waals surface area contributed by atoms with Crippen molar-refractivity contribution in [2.24, 2.45) is 5.41 Å². The highest BCUT2D eigenvalue weighted by Crippen LogP contribution is 2.50. The Kier molecular flexibility index (Phi) is 16.8. The number of rotatable bonds is 21. The molecule has 0 saturated heterocycles. The average molecular weight is 1020 g/mol. The number of aryl methyl sites for hydroxylation is 1. The van der Waals surface area contributed by atoms with Crippen LogP contribution in [0.1, 0.15) is 160 Å². The summed E-state index contributed by atoms with van der Waals surface area (Å²) in [6, 6.07) is 36.0. The van der Waals surface area contributed by atoms with Gasteiger partial charge >= 0.3 is 0 Å². The van der Waals surface area contributed by atoms with E-state index >= 15 is 0 Å². The van der Waals surface area contributed by atoms with E-state index in [0.29, 0.717) is 11.8 Å². The highest BCUT2D eigenvalue weighted by molar-refractivity contribution is 6.07. The summed E-state index contributed by atoms with van der Waals surface area (Å²) in [5.74, 6) is 0.896. The third kappa shape index (κ3) is 11.1. The molecule has 0 bridgehead atoms. The lowest BCUT2D eigenvalue weighted by molar-refractivity contribution is -0.697. The molecule has 1 amide bonds. The van der Waals surface area contributed by atoms with Gasteiger partial charge in [-0.25, -0.2) is 4.57 Å². The molecule has 1 aliphatic carbocycles. The molecule has 3 atom stereocenters. The lowest BCUT2D eigenvalue weighted by atomic mass is 9.77. The van der Waals surface area contributed by atoms with Crippen molar-refractivity contribution in [3.8, 4) is 0 Å². The van der Waals surface area contributed by atoms with Crippen molar-refractivity contribution in [2.75, 3.05) is 32.8 Å². The first-order valence-corrected chi connectivity index (χ1v) is 28.6. The summed E-state index contributed by atoms with van der Waals surface area (Å²) < 4.78 is 9.99. The molecule has 2 aromatic heterocycles. The second-order valence-electron chi connectivity index (χ2n) is 23.4. The number of likely N-dealkylation sites (N-methyl/N-ethyl adjacent to an activating group) is 1. The summed E-state index contributed by atoms with van der Waals surface area (Å²) in [4.78, 5) is 20.0. The number of ether oxygens (including phenoxy) is 1. The second kappa shape index (κ2) is 23.4. The maximum atomic E-state index is 13.2. The minimum Gasteiger partial charge on any atom is -0.364 e. The summed E-state index contributed by atoms with van der Waals surface area (Å²) in [7, 11) is 6.12. The summed E-state index contributed by atoms with van der Waals surface area (Å²) in [6.07, 6.45) is 30.8. The van der Waals surface area contributed by atoms with Crippen molar-refractivity contribution in [2.45, 2.75) is 155 Å². The SMILES string of the molecule is CCC(CCC(CCC(C)(CC)C(=O)NCOC)c1ccncc1)c1cc[n+](CCCCC2=C(C=CC3=[N+](C)c4ccc5ccccc5c4C3(C)C)CCCC2=CC=C2N(C)c3ccc4ccccc4c3C2(C)C)cc1. The normalized spacial score (nSPS) is 18.7. The molecule has 9 rings (SSSR count). The number of nitrogens with zero attached hydrogens (tertiary/aromatic N) is 4. The minimum absolute atomic E-state index is 0.0711. The van der Waals surface area contributed by atoms with Gasteiger partial charge in [0.25, 0.3) is 0 Å². The number of benzene rings is 4. The van der Waals surface area contributed by atoms with Gasteiger partial charge in [-0.15, -0.1) is 0 Å². The Balaban J connectivity index is 0.923. The Morgan fingerprint density at radius 1 is 0.789 bits per heavy atom. The van der Waals surface area contributed by atoms with Crippen LogP contribution in [0.4, 0.5) is 11.4 Å². The molecule has 396 valence electrons. The molecule has 7 nitrogen and oxygen atoms in total. The summed E-state index contributed by atoms with van der Waals surface area (Å²) in [5, 5.41) is 8.27. The van der Waals surface area contributed by atoms with E-state index in [9.17, 15) is 4.79 Å². The molecule has 0 saturated carbocycles. The van der Waals surface area contributed by atoms with E-state index in [4.69, 9.17) is 4.74 Å². The van der Waals surface area contributed by atoms with Gasteiger partial charge in [0.05, 0.1) is 5.41 Å². The van der Waals surface area contributed by atoms with E-state index in [2.05, 4.69) is 221 Å². The summed E-state index contributed by atoms with van der Waals surface area (Å²) in [6.45, 7) is 17.4. The van der Waals surface area contributed by atoms with Crippen LogP contribution in [0, 0.1) is 5.41 Å². The Labute approximate surface area is 455 Å². The molecule has 3 unspecified atom stereocenters. The number of aromatic nitrogens is 2. The zero-order chi connectivity index (χ0) is 53.6. The van der Waals surface area contributed by atoms with Gasteiger partial charge in [0.2, 0.25) is 11.6 Å². The third-order valence-electron chi connectivity index (χ3n) is 18.1. The summed E-state index contributed by atoms with van der Waals surface area (Å²) >= 11 is 0. The van der Waals surface area contributed by atoms with E-state index in [1.54, 1.807) is 7.11 Å². The number of methoxy groups -OCH3 is 1. The molecule has 4 aromatic carbocycles. The number of anilines is 1. The zero-order valence-electron chi connectivity index (χ0n) is 47.5. The molecule has 0 radical (unpaired) electrons. The first-order chi connectivity index (χ1) is 36.7. The Morgan fingerprint density at radius 3 is 2.16 bits per heavy atom. The molecule has 6 aromatic rings. The van der Waals surface area contributed by atoms with Crippen molar-refractivity contribution in [1.82, 2.24) is 10.3 Å². The lowest BCUT2D eigenvalue weighted by Crippen LogP contribution is -2.39. The van der Waals surface area contributed by atoms with Crippen molar-refractivity contribution < 1.29 is 18.7 Å². The Morgan fingerprint density at radius 2 is 1.46 bits per heavy atom. The van der Waals surface area contributed by atoms with Crippen LogP contribution in [0.5, 0.6) is 0 Å². The second-order valence-corrected chi connectivity index (χ2v) is 23.4. The van der Waals surface area contributed by atoms with Crippen molar-refractivity contribution >= 4 is 44.5 Å². The first kappa shape index (κ1) is 54.4. The molecule has 0 spiro atoms. The number of hydrogen-bond donors (Lipinski definition) is 1. The van der Waals surface area contributed by atoms with Crippen LogP contribution >= 0.6 is 0 Å². The standard InChI is InChI=1S/C69H84N5O2/c1-11-49(27-28-50(51-38-43-70-44-39-51)37-42-69(7,12-2)66(75)71-48-76-10)52-40-46-74(47-41-52)45-18-17-24-57-53(31-35-62-67(3,4)64-58-25-15-13-20-55(58)29-33-60(64)72(62)8)22-19-23-54(57)32-36-63-68(5,6)65-59-26-16-14-21-56(59)30-34-61(65)73(63)9/h13-16,20-21,25-26,29-36,38-41,43-44,46-47,49-50H,11-12,17-19,22-24,27-28,37,42,45,48H2,1-10H3/q+1/p+1. The quantitative estimate of drug-likeness (QED) is 0.0443. The zero-order valence-corrected chi connectivity index (χ0v) is 47.5. The fraction of sp³-hybridized carbons (Fsp3) is 0.420. The highest BCUT2D eigenvalue weighted by atomic mass is 16.5. The van der Waals surface area contributed by atoms with Gasteiger partial charge in [-0.3, -0.25) is 9.78 Å². The Bertz CT molecular complexity index is 3210. The van der Waals surface area contributed by atoms with E-state index in [1.807, 2.05) is 12.4 Å². The molecule has 76 heavy (non-hydrogen) atoms. The van der Waals surface area contributed by atoms with Crippen LogP contribution in [-0.2, 0) is 26.9 Å². The van der Waals surface area contributed by atoms with Crippen LogP contribution in [0.2, 0.25) is 0 Å². The predicted molar refractivity (Wildman–Crippen MR) is 317 cm³/mol. The van der Waals surface area contributed by atoms with Gasteiger partial charge in [0.1, 0.15) is 20.3 Å². The lowest BCUT2D eigenvalue weighted by Gasteiger charge is -2.29. The van der Waals surface area contributed by atoms with E-state index < -0.39 is 5.41 Å². The largest absolute Gasteiger partial charge is 0.364 e. The Hall–Kier alpha value is -6.44. The predicted octanol–water partition coefficient (Wildman–Crippen LogP) is 15.8. The van der Waals surface area contributed by atoms with Crippen LogP contribution in [0.3, 0.4) is 0 Å². The van der Waals surface area contributed by atoms with Crippen LogP contribution < -0.4 is 14.8 Å². The number of hydrogen-bond acceptors (Lipinski definition) is 4. The maximum Gasteiger partial charge on any atom is 0.227 e. The number of nitrogens with one attached hydrogen (secondary N) is 1. The van der Waals surface area contributed by atoms with Gasteiger partial charge in [-0.1, -0.05) is 101 Å². The van der Waals surface area contributed by atoms with Gasteiger partial charge in [-0.05, 0) is 182 Å². The topological polar surface area (TPSA) is 61.4 Å². The molecule has 4 heterocycles. The van der Waals surface area contributed by atoms with Crippen LogP contribution in [-0.4, -0.2) is 49.1 Å². The number of fused-ring (bicyclic) bond motifs is 6. The van der Waals surface area contributed by atoms with Crippen LogP contribution in [0.15, 0.2) is 169 Å². The van der Waals surface area contributed by atoms with Gasteiger partial charge in [0.15, 0.2) is 18.1 Å². The molecular formula is C69H85N5O2+2.